The lowest BCUT2D eigenvalue weighted by molar-refractivity contribution is 0.101. The minimum atomic E-state index is -0.0264. The Balaban J connectivity index is 2.07. The molecule has 0 N–H and O–H groups in total. The second kappa shape index (κ2) is 6.23. The van der Waals surface area contributed by atoms with Crippen LogP contribution in [0.25, 0.3) is 0 Å². The van der Waals surface area contributed by atoms with Gasteiger partial charge in [0.15, 0.2) is 5.78 Å². The van der Waals surface area contributed by atoms with Crippen molar-refractivity contribution in [1.29, 1.82) is 0 Å². The van der Waals surface area contributed by atoms with Crippen molar-refractivity contribution in [1.82, 2.24) is 9.55 Å². The molecule has 5 nitrogen and oxygen atoms in total. The highest BCUT2D eigenvalue weighted by Gasteiger charge is 2.10. The maximum absolute atomic E-state index is 11.6. The molecule has 1 aromatic carbocycles. The van der Waals surface area contributed by atoms with Crippen LogP contribution < -0.4 is 9.47 Å². The molecule has 0 unspecified atom stereocenters. The molecule has 0 amide bonds. The van der Waals surface area contributed by atoms with E-state index in [4.69, 9.17) is 9.47 Å². The van der Waals surface area contributed by atoms with Crippen LogP contribution in [0.3, 0.4) is 0 Å². The van der Waals surface area contributed by atoms with Crippen molar-refractivity contribution in [2.24, 2.45) is 0 Å². The van der Waals surface area contributed by atoms with E-state index >= 15 is 0 Å². The Hall–Kier alpha value is -2.30. The van der Waals surface area contributed by atoms with Crippen LogP contribution in [0, 0.1) is 6.92 Å². The third kappa shape index (κ3) is 3.17. The van der Waals surface area contributed by atoms with Crippen molar-refractivity contribution in [2.45, 2.75) is 20.4 Å². The lowest BCUT2D eigenvalue weighted by atomic mass is 10.1. The summed E-state index contributed by atoms with van der Waals surface area (Å²) in [5.74, 6) is 2.13. The van der Waals surface area contributed by atoms with Crippen LogP contribution in [0.5, 0.6) is 11.5 Å². The summed E-state index contributed by atoms with van der Waals surface area (Å²) >= 11 is 0. The molecule has 0 saturated heterocycles. The van der Waals surface area contributed by atoms with E-state index in [2.05, 4.69) is 4.98 Å². The number of aryl methyl sites for hydroxylation is 1. The first-order chi connectivity index (χ1) is 9.61. The molecule has 106 valence electrons. The molecule has 2 aromatic rings. The van der Waals surface area contributed by atoms with Crippen molar-refractivity contribution in [3.63, 3.8) is 0 Å². The van der Waals surface area contributed by atoms with E-state index in [-0.39, 0.29) is 5.78 Å². The van der Waals surface area contributed by atoms with Gasteiger partial charge < -0.3 is 14.0 Å². The topological polar surface area (TPSA) is 53.4 Å². The van der Waals surface area contributed by atoms with Crippen LogP contribution in [0.4, 0.5) is 0 Å². The molecule has 1 aromatic heterocycles. The zero-order chi connectivity index (χ0) is 14.5. The first-order valence-corrected chi connectivity index (χ1v) is 6.41. The van der Waals surface area contributed by atoms with Gasteiger partial charge in [0.05, 0.1) is 19.2 Å². The normalized spacial score (nSPS) is 10.3. The predicted octanol–water partition coefficient (Wildman–Crippen LogP) is 2.48. The number of nitrogens with zero attached hydrogens (tertiary/aromatic N) is 2. The number of benzene rings is 1. The number of Topliss-reactive ketones (excluding diaryl/α,β-unsaturated/α-hetero) is 1. The van der Waals surface area contributed by atoms with Crippen molar-refractivity contribution >= 4 is 5.78 Å². The number of carbonyl (C=O) groups is 1. The van der Waals surface area contributed by atoms with Crippen LogP contribution >= 0.6 is 0 Å². The summed E-state index contributed by atoms with van der Waals surface area (Å²) in [7, 11) is 1.58. The highest BCUT2D eigenvalue weighted by molar-refractivity contribution is 5.97. The van der Waals surface area contributed by atoms with Gasteiger partial charge in [-0.2, -0.15) is 0 Å². The molecule has 0 saturated carbocycles. The molecular weight excluding hydrogens is 256 g/mol. The van der Waals surface area contributed by atoms with E-state index in [1.165, 1.54) is 6.92 Å². The Morgan fingerprint density at radius 3 is 2.80 bits per heavy atom. The van der Waals surface area contributed by atoms with Crippen LogP contribution in [-0.4, -0.2) is 29.1 Å². The van der Waals surface area contributed by atoms with Gasteiger partial charge in [-0.05, 0) is 26.0 Å². The highest BCUT2D eigenvalue weighted by atomic mass is 16.5. The lowest BCUT2D eigenvalue weighted by Gasteiger charge is -2.12. The molecule has 2 rings (SSSR count). The number of carbonyl (C=O) groups excluding carboxylic acids is 1. The van der Waals surface area contributed by atoms with Gasteiger partial charge in [-0.1, -0.05) is 0 Å². The van der Waals surface area contributed by atoms with E-state index in [0.717, 1.165) is 5.82 Å². The molecule has 0 bridgehead atoms. The standard InChI is InChI=1S/C15H18N2O3/c1-11(18)14-5-4-13(19-3)10-15(14)20-9-8-17-7-6-16-12(17)2/h4-7,10H,8-9H2,1-3H3. The molecule has 1 heterocycles. The minimum Gasteiger partial charge on any atom is -0.497 e. The van der Waals surface area contributed by atoms with E-state index in [9.17, 15) is 4.79 Å². The van der Waals surface area contributed by atoms with Crippen molar-refractivity contribution in [3.8, 4) is 11.5 Å². The fourth-order valence-electron chi connectivity index (χ4n) is 1.93. The number of ketones is 1. The Kier molecular flexibility index (Phi) is 4.40. The van der Waals surface area contributed by atoms with Gasteiger partial charge in [-0.3, -0.25) is 4.79 Å². The maximum Gasteiger partial charge on any atom is 0.163 e. The zero-order valence-electron chi connectivity index (χ0n) is 11.9. The Morgan fingerprint density at radius 2 is 2.20 bits per heavy atom. The quantitative estimate of drug-likeness (QED) is 0.759. The minimum absolute atomic E-state index is 0.0264. The molecule has 0 aliphatic rings. The molecule has 20 heavy (non-hydrogen) atoms. The van der Waals surface area contributed by atoms with Gasteiger partial charge >= 0.3 is 0 Å². The molecule has 0 aliphatic heterocycles. The van der Waals surface area contributed by atoms with Crippen LogP contribution in [-0.2, 0) is 6.54 Å². The highest BCUT2D eigenvalue weighted by Crippen LogP contribution is 2.25. The van der Waals surface area contributed by atoms with Crippen LogP contribution in [0.2, 0.25) is 0 Å². The molecule has 0 radical (unpaired) electrons. The first-order valence-electron chi connectivity index (χ1n) is 6.41. The number of imidazole rings is 1. The average Bonchev–Trinajstić information content (AvgIpc) is 2.84. The van der Waals surface area contributed by atoms with Gasteiger partial charge in [0.2, 0.25) is 0 Å². The molecule has 0 fully saturated rings. The summed E-state index contributed by atoms with van der Waals surface area (Å²) in [6.07, 6.45) is 3.65. The van der Waals surface area contributed by atoms with Gasteiger partial charge in [0, 0.05) is 18.5 Å². The molecular formula is C15H18N2O3. The zero-order valence-corrected chi connectivity index (χ0v) is 11.9. The van der Waals surface area contributed by atoms with Crippen molar-refractivity contribution in [2.75, 3.05) is 13.7 Å². The predicted molar refractivity (Wildman–Crippen MR) is 75.5 cm³/mol. The monoisotopic (exact) mass is 274 g/mol. The summed E-state index contributed by atoms with van der Waals surface area (Å²) in [6, 6.07) is 5.21. The largest absolute Gasteiger partial charge is 0.497 e. The Labute approximate surface area is 118 Å². The van der Waals surface area contributed by atoms with Crippen molar-refractivity contribution < 1.29 is 14.3 Å². The number of aromatic nitrogens is 2. The second-order valence-electron chi connectivity index (χ2n) is 4.43. The Morgan fingerprint density at radius 1 is 1.40 bits per heavy atom. The average molecular weight is 274 g/mol. The summed E-state index contributed by atoms with van der Waals surface area (Å²) in [5, 5.41) is 0. The lowest BCUT2D eigenvalue weighted by Crippen LogP contribution is -2.10. The van der Waals surface area contributed by atoms with Crippen LogP contribution in [0.15, 0.2) is 30.6 Å². The molecule has 0 spiro atoms. The molecule has 0 atom stereocenters. The second-order valence-corrected chi connectivity index (χ2v) is 4.43. The number of ether oxygens (including phenoxy) is 2. The molecule has 0 aliphatic carbocycles. The smallest absolute Gasteiger partial charge is 0.163 e. The van der Waals surface area contributed by atoms with E-state index in [1.54, 1.807) is 31.5 Å². The molecule has 5 heteroatoms. The van der Waals surface area contributed by atoms with Gasteiger partial charge in [-0.25, -0.2) is 4.98 Å². The fraction of sp³-hybridized carbons (Fsp3) is 0.333. The third-order valence-corrected chi connectivity index (χ3v) is 3.08. The SMILES string of the molecule is COc1ccc(C(C)=O)c(OCCn2ccnc2C)c1. The van der Waals surface area contributed by atoms with Gasteiger partial charge in [0.1, 0.15) is 23.9 Å². The third-order valence-electron chi connectivity index (χ3n) is 3.08. The van der Waals surface area contributed by atoms with Crippen molar-refractivity contribution in [3.05, 3.63) is 42.0 Å². The summed E-state index contributed by atoms with van der Waals surface area (Å²) in [6.45, 7) is 4.60. The van der Waals surface area contributed by atoms with E-state index < -0.39 is 0 Å². The number of methoxy groups -OCH3 is 1. The number of hydrogen-bond acceptors (Lipinski definition) is 4. The van der Waals surface area contributed by atoms with Crippen LogP contribution in [0.1, 0.15) is 23.1 Å². The Bertz CT molecular complexity index is 605. The first kappa shape index (κ1) is 14.1. The van der Waals surface area contributed by atoms with Gasteiger partial charge in [-0.15, -0.1) is 0 Å². The summed E-state index contributed by atoms with van der Waals surface area (Å²) in [5.41, 5.74) is 0.563. The number of hydrogen-bond donors (Lipinski definition) is 0. The summed E-state index contributed by atoms with van der Waals surface area (Å²) < 4.78 is 12.9. The van der Waals surface area contributed by atoms with E-state index in [0.29, 0.717) is 30.2 Å². The summed E-state index contributed by atoms with van der Waals surface area (Å²) in [4.78, 5) is 15.7. The van der Waals surface area contributed by atoms with Gasteiger partial charge in [0.25, 0.3) is 0 Å². The van der Waals surface area contributed by atoms with E-state index in [1.807, 2.05) is 17.7 Å². The maximum atomic E-state index is 11.6. The number of rotatable bonds is 6. The fourth-order valence-corrected chi connectivity index (χ4v) is 1.93.